The van der Waals surface area contributed by atoms with Gasteiger partial charge < -0.3 is 44.9 Å². The van der Waals surface area contributed by atoms with Crippen LogP contribution in [0.1, 0.15) is 131 Å². The van der Waals surface area contributed by atoms with Crippen LogP contribution in [0.15, 0.2) is 48.5 Å². The molecule has 2 aromatic carbocycles. The summed E-state index contributed by atoms with van der Waals surface area (Å²) in [5.74, 6) is 0.977. The summed E-state index contributed by atoms with van der Waals surface area (Å²) in [4.78, 5) is 23.3. The molecule has 2 aromatic rings. The third-order valence-electron chi connectivity index (χ3n) is 13.1. The lowest BCUT2D eigenvalue weighted by molar-refractivity contribution is -0.154. The van der Waals surface area contributed by atoms with E-state index in [1.54, 1.807) is 56.9 Å². The molecule has 0 bridgehead atoms. The molecule has 12 nitrogen and oxygen atoms in total. The minimum absolute atomic E-state index is 0.0908. The number of carbonyl (C=O) groups is 2. The van der Waals surface area contributed by atoms with Gasteiger partial charge >= 0.3 is 37.9 Å². The van der Waals surface area contributed by atoms with Crippen molar-refractivity contribution >= 4 is 56.6 Å². The molecule has 66 heavy (non-hydrogen) atoms. The highest BCUT2D eigenvalue weighted by Crippen LogP contribution is 2.24. The predicted molar refractivity (Wildman–Crippen MR) is 281 cm³/mol. The highest BCUT2D eigenvalue weighted by Gasteiger charge is 2.40. The van der Waals surface area contributed by atoms with Crippen molar-refractivity contribution in [2.75, 3.05) is 70.1 Å². The fourth-order valence-electron chi connectivity index (χ4n) is 5.81. The monoisotopic (exact) mass is 1000 g/mol. The van der Waals surface area contributed by atoms with Crippen LogP contribution < -0.4 is 10.4 Å². The molecule has 2 rings (SSSR count). The Labute approximate surface area is 407 Å². The van der Waals surface area contributed by atoms with Crippen LogP contribution in [-0.2, 0) is 54.5 Å². The maximum absolute atomic E-state index is 11.7. The molecule has 0 heterocycles. The molecule has 2 atom stereocenters. The fraction of sp³-hybridized carbons (Fsp3) is 0.720. The summed E-state index contributed by atoms with van der Waals surface area (Å²) in [6.07, 6.45) is 5.59. The van der Waals surface area contributed by atoms with Crippen molar-refractivity contribution in [3.63, 3.8) is 0 Å². The number of rotatable bonds is 26. The lowest BCUT2D eigenvalue weighted by atomic mass is 9.91. The fourth-order valence-corrected chi connectivity index (χ4v) is 11.6. The Morgan fingerprint density at radius 3 is 1.14 bits per heavy atom. The largest absolute Gasteiger partial charge is 0.536 e. The van der Waals surface area contributed by atoms with Gasteiger partial charge in [0.25, 0.3) is 0 Å². The van der Waals surface area contributed by atoms with Gasteiger partial charge in [0.2, 0.25) is 0 Å². The Morgan fingerprint density at radius 2 is 0.848 bits per heavy atom. The second kappa shape index (κ2) is 32.7. The Kier molecular flexibility index (Phi) is 32.7. The van der Waals surface area contributed by atoms with Crippen LogP contribution in [0.3, 0.4) is 0 Å². The van der Waals surface area contributed by atoms with E-state index < -0.39 is 34.2 Å². The van der Waals surface area contributed by atoms with Crippen LogP contribution in [0, 0.1) is 10.8 Å². The molecule has 0 radical (unpaired) electrons. The summed E-state index contributed by atoms with van der Waals surface area (Å²) in [6.45, 7) is 29.9. The quantitative estimate of drug-likeness (QED) is 0.0506. The van der Waals surface area contributed by atoms with Gasteiger partial charge in [-0.15, -0.1) is 0 Å². The number of hydrogen-bond donors (Lipinski definition) is 0. The van der Waals surface area contributed by atoms with Crippen molar-refractivity contribution in [3.05, 3.63) is 59.7 Å². The number of esters is 2. The van der Waals surface area contributed by atoms with E-state index in [2.05, 4.69) is 83.7 Å². The number of hydrogen-bond acceptors (Lipinski definition) is 12. The summed E-state index contributed by atoms with van der Waals surface area (Å²) >= 11 is 0. The van der Waals surface area contributed by atoms with Gasteiger partial charge in [-0.25, -0.2) is 0 Å². The second-order valence-corrected chi connectivity index (χ2v) is 33.1. The predicted octanol–water partition coefficient (Wildman–Crippen LogP) is 11.0. The molecule has 0 spiro atoms. The molecule has 0 aliphatic carbocycles. The van der Waals surface area contributed by atoms with E-state index in [0.29, 0.717) is 25.0 Å². The first-order valence-corrected chi connectivity index (χ1v) is 33.4. The van der Waals surface area contributed by atoms with E-state index in [-0.39, 0.29) is 22.8 Å². The maximum Gasteiger partial charge on any atom is 0.536 e. The smallest absolute Gasteiger partial charge is 0.465 e. The SMILES string of the molecule is CCC(C)(C)C(=O)OCCC[Si](C)(C)OC.CCC(C)(C)C(=O)OCCC[Si](C)(OC)OC.CCC(C)c1ccc([Si](C)(OC)OC)cc1.CCC(C)c1ccc([Si](OC)(OC)OC)cc1. The van der Waals surface area contributed by atoms with Gasteiger partial charge in [0, 0.05) is 62.1 Å². The molecule has 0 fully saturated rings. The maximum atomic E-state index is 11.7. The summed E-state index contributed by atoms with van der Waals surface area (Å²) in [6, 6.07) is 18.9. The van der Waals surface area contributed by atoms with Crippen molar-refractivity contribution in [1.29, 1.82) is 0 Å². The van der Waals surface area contributed by atoms with E-state index in [4.69, 9.17) is 44.9 Å². The summed E-state index contributed by atoms with van der Waals surface area (Å²) in [5, 5.41) is 2.18. The first-order valence-electron chi connectivity index (χ1n) is 23.7. The summed E-state index contributed by atoms with van der Waals surface area (Å²) in [5.41, 5.74) is 1.98. The lowest BCUT2D eigenvalue weighted by Gasteiger charge is -2.24. The van der Waals surface area contributed by atoms with E-state index in [1.807, 2.05) is 60.2 Å². The van der Waals surface area contributed by atoms with E-state index in [1.165, 1.54) is 22.7 Å². The zero-order valence-electron chi connectivity index (χ0n) is 45.7. The Balaban J connectivity index is 0. The average Bonchev–Trinajstić information content (AvgIpc) is 3.34. The Bertz CT molecular complexity index is 1570. The molecular weight excluding hydrogens is 905 g/mol. The van der Waals surface area contributed by atoms with Crippen LogP contribution in [0.5, 0.6) is 0 Å². The number of carbonyl (C=O) groups excluding carboxylic acids is 2. The summed E-state index contributed by atoms with van der Waals surface area (Å²) in [7, 11) is 5.11. The molecule has 384 valence electrons. The van der Waals surface area contributed by atoms with Crippen LogP contribution in [0.2, 0.25) is 38.3 Å². The molecule has 0 aliphatic heterocycles. The zero-order chi connectivity index (χ0) is 51.4. The number of benzene rings is 2. The first kappa shape index (κ1) is 66.0. The molecule has 0 amide bonds. The van der Waals surface area contributed by atoms with Gasteiger partial charge in [-0.1, -0.05) is 90.1 Å². The van der Waals surface area contributed by atoms with Crippen LogP contribution in [0.25, 0.3) is 0 Å². The molecule has 16 heteroatoms. The topological polar surface area (TPSA) is 126 Å². The minimum Gasteiger partial charge on any atom is -0.465 e. The Morgan fingerprint density at radius 1 is 0.500 bits per heavy atom. The molecule has 0 saturated carbocycles. The lowest BCUT2D eigenvalue weighted by Crippen LogP contribution is -2.54. The highest BCUT2D eigenvalue weighted by molar-refractivity contribution is 6.79. The molecule has 0 aliphatic rings. The van der Waals surface area contributed by atoms with E-state index >= 15 is 0 Å². The van der Waals surface area contributed by atoms with Gasteiger partial charge in [-0.05, 0) is 133 Å². The third-order valence-corrected chi connectivity index (χ3v) is 24.3. The Hall–Kier alpha value is -2.07. The second-order valence-electron chi connectivity index (χ2n) is 18.8. The van der Waals surface area contributed by atoms with Gasteiger partial charge in [-0.2, -0.15) is 0 Å². The van der Waals surface area contributed by atoms with Gasteiger partial charge in [-0.3, -0.25) is 9.59 Å². The molecular formula is C50H96O12Si4. The van der Waals surface area contributed by atoms with Crippen LogP contribution >= 0.6 is 0 Å². The normalized spacial score (nSPS) is 13.2. The highest BCUT2D eigenvalue weighted by atomic mass is 28.4. The average molecular weight is 1000 g/mol. The molecule has 0 aromatic heterocycles. The standard InChI is InChI=1S/C13H22O3Si.C13H22O2Si.C12H26O4Si.C12H26O3Si/c1-6-11(2)12-7-9-13(10-8-12)17(14-3,15-4)16-5;1-6-11(2)12-7-9-13(10-8-12)16(5,14-3)15-4;1-7-12(2,3)11(13)16-9-8-10-17(6,14-4)15-5;1-7-12(2,3)11(13)15-9-8-10-16(5,6)14-4/h7-11H,6H2,1-5H3;7-11H,6H2,1-5H3;7-10H2,1-6H3;7-10H2,1-6H3. The molecule has 2 unspecified atom stereocenters. The van der Waals surface area contributed by atoms with Crippen molar-refractivity contribution in [2.45, 2.75) is 158 Å². The van der Waals surface area contributed by atoms with Gasteiger partial charge in [0.15, 0.2) is 8.32 Å². The van der Waals surface area contributed by atoms with Crippen molar-refractivity contribution < 1.29 is 54.5 Å². The van der Waals surface area contributed by atoms with Gasteiger partial charge in [0.05, 0.1) is 24.0 Å². The minimum atomic E-state index is -2.66. The molecule has 0 saturated heterocycles. The van der Waals surface area contributed by atoms with E-state index in [9.17, 15) is 9.59 Å². The number of ether oxygens (including phenoxy) is 2. The van der Waals surface area contributed by atoms with Crippen molar-refractivity contribution in [3.8, 4) is 0 Å². The molecule has 0 N–H and O–H groups in total. The summed E-state index contributed by atoms with van der Waals surface area (Å²) < 4.78 is 54.0. The van der Waals surface area contributed by atoms with Crippen LogP contribution in [-0.4, -0.2) is 116 Å². The van der Waals surface area contributed by atoms with Crippen molar-refractivity contribution in [2.24, 2.45) is 10.8 Å². The van der Waals surface area contributed by atoms with Gasteiger partial charge in [0.1, 0.15) is 0 Å². The van der Waals surface area contributed by atoms with Crippen LogP contribution in [0.4, 0.5) is 0 Å². The van der Waals surface area contributed by atoms with Crippen molar-refractivity contribution in [1.82, 2.24) is 0 Å². The zero-order valence-corrected chi connectivity index (χ0v) is 49.7. The first-order chi connectivity index (χ1) is 30.8. The van der Waals surface area contributed by atoms with E-state index in [0.717, 1.165) is 49.4 Å². The third kappa shape index (κ3) is 23.0.